The Balaban J connectivity index is 2.39. The van der Waals surface area contributed by atoms with E-state index in [0.29, 0.717) is 12.5 Å². The van der Waals surface area contributed by atoms with Gasteiger partial charge in [0.05, 0.1) is 12.0 Å². The molecule has 0 aromatic carbocycles. The molecule has 1 rings (SSSR count). The van der Waals surface area contributed by atoms with Gasteiger partial charge in [-0.25, -0.2) is 0 Å². The number of hydrogen-bond donors (Lipinski definition) is 0. The Hall–Kier alpha value is -0.610. The lowest BCUT2D eigenvalue weighted by atomic mass is 9.91. The second-order valence-electron chi connectivity index (χ2n) is 6.62. The summed E-state index contributed by atoms with van der Waals surface area (Å²) in [4.78, 5) is 11.9. The molecule has 19 heavy (non-hydrogen) atoms. The zero-order valence-electron chi connectivity index (χ0n) is 13.1. The fraction of sp³-hybridized carbons (Fsp3) is 0.933. The summed E-state index contributed by atoms with van der Waals surface area (Å²) in [5.41, 5.74) is -0.430. The molecule has 2 atom stereocenters. The lowest BCUT2D eigenvalue weighted by Gasteiger charge is -2.25. The van der Waals surface area contributed by atoms with Crippen molar-refractivity contribution in [2.75, 3.05) is 13.2 Å². The van der Waals surface area contributed by atoms with Crippen LogP contribution in [0.25, 0.3) is 0 Å². The fourth-order valence-corrected chi connectivity index (χ4v) is 2.13. The Kier molecular flexibility index (Phi) is 5.39. The first-order valence-electron chi connectivity index (χ1n) is 7.17. The predicted molar refractivity (Wildman–Crippen MR) is 73.7 cm³/mol. The van der Waals surface area contributed by atoms with Gasteiger partial charge in [0.15, 0.2) is 5.79 Å². The van der Waals surface area contributed by atoms with Crippen LogP contribution in [-0.2, 0) is 19.0 Å². The lowest BCUT2D eigenvalue weighted by Crippen LogP contribution is -2.32. The minimum absolute atomic E-state index is 0.152. The summed E-state index contributed by atoms with van der Waals surface area (Å²) in [5, 5.41) is 0. The number of carbonyl (C=O) groups is 1. The van der Waals surface area contributed by atoms with Gasteiger partial charge in [-0.15, -0.1) is 0 Å². The van der Waals surface area contributed by atoms with Crippen molar-refractivity contribution in [3.63, 3.8) is 0 Å². The molecule has 0 aromatic heterocycles. The fourth-order valence-electron chi connectivity index (χ4n) is 2.13. The van der Waals surface area contributed by atoms with E-state index in [4.69, 9.17) is 14.2 Å². The SMILES string of the molecule is CCC(C)(C)C(=O)OCC1COC(C)(CC(C)C)O1. The lowest BCUT2D eigenvalue weighted by molar-refractivity contribution is -0.176. The molecule has 4 heteroatoms. The molecule has 0 bridgehead atoms. The van der Waals surface area contributed by atoms with E-state index in [0.717, 1.165) is 12.8 Å². The molecule has 0 radical (unpaired) electrons. The molecule has 2 unspecified atom stereocenters. The summed E-state index contributed by atoms with van der Waals surface area (Å²) >= 11 is 0. The molecule has 1 aliphatic rings. The Morgan fingerprint density at radius 2 is 2.11 bits per heavy atom. The predicted octanol–water partition coefficient (Wildman–Crippen LogP) is 3.14. The van der Waals surface area contributed by atoms with E-state index >= 15 is 0 Å². The van der Waals surface area contributed by atoms with Gasteiger partial charge in [-0.05, 0) is 33.1 Å². The molecule has 0 spiro atoms. The van der Waals surface area contributed by atoms with E-state index in [9.17, 15) is 4.79 Å². The molecule has 0 saturated carbocycles. The zero-order valence-corrected chi connectivity index (χ0v) is 13.1. The van der Waals surface area contributed by atoms with Crippen LogP contribution in [0.2, 0.25) is 0 Å². The molecule has 112 valence electrons. The first-order valence-corrected chi connectivity index (χ1v) is 7.17. The van der Waals surface area contributed by atoms with Gasteiger partial charge >= 0.3 is 5.97 Å². The number of esters is 1. The van der Waals surface area contributed by atoms with Gasteiger partial charge in [-0.2, -0.15) is 0 Å². The summed E-state index contributed by atoms with van der Waals surface area (Å²) in [6.07, 6.45) is 1.46. The molecule has 0 aromatic rings. The molecular formula is C15H28O4. The van der Waals surface area contributed by atoms with Crippen LogP contribution in [0.3, 0.4) is 0 Å². The average molecular weight is 272 g/mol. The normalized spacial score (nSPS) is 27.8. The van der Waals surface area contributed by atoms with Gasteiger partial charge in [0.2, 0.25) is 0 Å². The number of ether oxygens (including phenoxy) is 3. The molecule has 0 aliphatic carbocycles. The standard InChI is InChI=1S/C15H28O4/c1-7-14(4,5)13(16)17-9-12-10-18-15(6,19-12)8-11(2)3/h11-12H,7-10H2,1-6H3. The maximum absolute atomic E-state index is 11.9. The summed E-state index contributed by atoms with van der Waals surface area (Å²) in [6, 6.07) is 0. The topological polar surface area (TPSA) is 44.8 Å². The second-order valence-corrected chi connectivity index (χ2v) is 6.62. The maximum Gasteiger partial charge on any atom is 0.311 e. The summed E-state index contributed by atoms with van der Waals surface area (Å²) in [6.45, 7) is 12.7. The first kappa shape index (κ1) is 16.4. The molecule has 1 fully saturated rings. The highest BCUT2D eigenvalue weighted by atomic mass is 16.7. The highest BCUT2D eigenvalue weighted by molar-refractivity contribution is 5.75. The van der Waals surface area contributed by atoms with Crippen molar-refractivity contribution < 1.29 is 19.0 Å². The largest absolute Gasteiger partial charge is 0.462 e. The molecule has 4 nitrogen and oxygen atoms in total. The molecular weight excluding hydrogens is 244 g/mol. The Morgan fingerprint density at radius 3 is 2.63 bits per heavy atom. The summed E-state index contributed by atoms with van der Waals surface area (Å²) < 4.78 is 16.9. The van der Waals surface area contributed by atoms with Crippen LogP contribution in [0.5, 0.6) is 0 Å². The smallest absolute Gasteiger partial charge is 0.311 e. The van der Waals surface area contributed by atoms with Crippen molar-refractivity contribution in [1.29, 1.82) is 0 Å². The summed E-state index contributed by atoms with van der Waals surface area (Å²) in [5.74, 6) is -0.202. The number of carbonyl (C=O) groups excluding carboxylic acids is 1. The van der Waals surface area contributed by atoms with Crippen LogP contribution in [0, 0.1) is 11.3 Å². The third-order valence-electron chi connectivity index (χ3n) is 3.61. The van der Waals surface area contributed by atoms with E-state index in [1.54, 1.807) is 0 Å². The van der Waals surface area contributed by atoms with Crippen molar-refractivity contribution in [1.82, 2.24) is 0 Å². The van der Waals surface area contributed by atoms with Gasteiger partial charge in [0.25, 0.3) is 0 Å². The van der Waals surface area contributed by atoms with Crippen LogP contribution in [-0.4, -0.2) is 31.1 Å². The number of hydrogen-bond acceptors (Lipinski definition) is 4. The average Bonchev–Trinajstić information content (AvgIpc) is 2.66. The van der Waals surface area contributed by atoms with Crippen molar-refractivity contribution in [3.05, 3.63) is 0 Å². The van der Waals surface area contributed by atoms with E-state index in [2.05, 4.69) is 13.8 Å². The molecule has 0 N–H and O–H groups in total. The third kappa shape index (κ3) is 4.77. The second kappa shape index (κ2) is 6.23. The van der Waals surface area contributed by atoms with Crippen LogP contribution in [0.4, 0.5) is 0 Å². The highest BCUT2D eigenvalue weighted by Gasteiger charge is 2.38. The quantitative estimate of drug-likeness (QED) is 0.697. The highest BCUT2D eigenvalue weighted by Crippen LogP contribution is 2.30. The van der Waals surface area contributed by atoms with Gasteiger partial charge in [0, 0.05) is 6.42 Å². The van der Waals surface area contributed by atoms with Crippen LogP contribution in [0.15, 0.2) is 0 Å². The zero-order chi connectivity index (χ0) is 14.7. The minimum Gasteiger partial charge on any atom is -0.462 e. The van der Waals surface area contributed by atoms with Crippen LogP contribution < -0.4 is 0 Å². The Labute approximate surface area is 116 Å². The molecule has 1 aliphatic heterocycles. The Morgan fingerprint density at radius 1 is 1.47 bits per heavy atom. The van der Waals surface area contributed by atoms with Gasteiger partial charge < -0.3 is 14.2 Å². The van der Waals surface area contributed by atoms with E-state index in [1.807, 2.05) is 27.7 Å². The monoisotopic (exact) mass is 272 g/mol. The maximum atomic E-state index is 11.9. The van der Waals surface area contributed by atoms with Gasteiger partial charge in [-0.1, -0.05) is 20.8 Å². The minimum atomic E-state index is -0.536. The first-order chi connectivity index (χ1) is 8.68. The third-order valence-corrected chi connectivity index (χ3v) is 3.61. The molecule has 0 amide bonds. The van der Waals surface area contributed by atoms with Crippen LogP contribution >= 0.6 is 0 Å². The van der Waals surface area contributed by atoms with Crippen LogP contribution in [0.1, 0.15) is 54.4 Å². The van der Waals surface area contributed by atoms with E-state index < -0.39 is 11.2 Å². The van der Waals surface area contributed by atoms with Crippen molar-refractivity contribution in [2.45, 2.75) is 66.3 Å². The number of rotatable bonds is 6. The Bertz CT molecular complexity index is 311. The van der Waals surface area contributed by atoms with Crippen molar-refractivity contribution in [3.8, 4) is 0 Å². The van der Waals surface area contributed by atoms with Gasteiger partial charge in [-0.3, -0.25) is 4.79 Å². The van der Waals surface area contributed by atoms with E-state index in [1.165, 1.54) is 0 Å². The molecule has 1 saturated heterocycles. The summed E-state index contributed by atoms with van der Waals surface area (Å²) in [7, 11) is 0. The van der Waals surface area contributed by atoms with E-state index in [-0.39, 0.29) is 18.7 Å². The van der Waals surface area contributed by atoms with Crippen molar-refractivity contribution >= 4 is 5.97 Å². The van der Waals surface area contributed by atoms with Gasteiger partial charge in [0.1, 0.15) is 12.7 Å². The molecule has 1 heterocycles. The van der Waals surface area contributed by atoms with Crippen molar-refractivity contribution in [2.24, 2.45) is 11.3 Å².